The number of benzene rings is 1. The topological polar surface area (TPSA) is 56.2 Å². The lowest BCUT2D eigenvalue weighted by Gasteiger charge is -2.12. The van der Waals surface area contributed by atoms with Crippen molar-refractivity contribution in [1.82, 2.24) is 15.1 Å². The molecule has 0 spiro atoms. The van der Waals surface area contributed by atoms with Crippen LogP contribution in [0.2, 0.25) is 10.0 Å². The van der Waals surface area contributed by atoms with Gasteiger partial charge in [-0.3, -0.25) is 0 Å². The highest BCUT2D eigenvalue weighted by atomic mass is 35.5. The van der Waals surface area contributed by atoms with Crippen LogP contribution in [0.3, 0.4) is 0 Å². The number of aromatic nitrogens is 2. The molecule has 0 radical (unpaired) electrons. The monoisotopic (exact) mass is 395 g/mol. The number of alkyl halides is 3. The average molecular weight is 396 g/mol. The van der Waals surface area contributed by atoms with Gasteiger partial charge in [0.2, 0.25) is 5.88 Å². The lowest BCUT2D eigenvalue weighted by molar-refractivity contribution is -0.137. The summed E-state index contributed by atoms with van der Waals surface area (Å²) in [4.78, 5) is 12.0. The molecule has 0 saturated carbocycles. The summed E-state index contributed by atoms with van der Waals surface area (Å²) in [5.41, 5.74) is -0.528. The van der Waals surface area contributed by atoms with Crippen molar-refractivity contribution in [2.24, 2.45) is 0 Å². The maximum Gasteiger partial charge on any atom is 0.416 e. The number of nitrogens with zero attached hydrogens (tertiary/aromatic N) is 2. The van der Waals surface area contributed by atoms with Crippen LogP contribution in [0.15, 0.2) is 18.2 Å². The molecule has 0 saturated heterocycles. The number of amides is 1. The molecule has 0 bridgehead atoms. The SMILES string of the molecule is Cc1cc(Oc2c(Cl)cc(C(F)(F)F)cc2Cl)nn1C(=O)NC(C)C. The van der Waals surface area contributed by atoms with Crippen LogP contribution in [-0.4, -0.2) is 21.9 Å². The zero-order chi connectivity index (χ0) is 18.9. The van der Waals surface area contributed by atoms with E-state index < -0.39 is 17.8 Å². The molecule has 25 heavy (non-hydrogen) atoms. The molecule has 1 heterocycles. The first kappa shape index (κ1) is 19.4. The van der Waals surface area contributed by atoms with E-state index in [-0.39, 0.29) is 27.7 Å². The minimum Gasteiger partial charge on any atom is -0.434 e. The van der Waals surface area contributed by atoms with E-state index >= 15 is 0 Å². The summed E-state index contributed by atoms with van der Waals surface area (Å²) in [7, 11) is 0. The third kappa shape index (κ3) is 4.58. The molecule has 0 unspecified atom stereocenters. The molecule has 5 nitrogen and oxygen atoms in total. The first-order valence-corrected chi connectivity index (χ1v) is 7.86. The van der Waals surface area contributed by atoms with Gasteiger partial charge in [0.1, 0.15) is 0 Å². The fourth-order valence-electron chi connectivity index (χ4n) is 1.94. The number of halogens is 5. The van der Waals surface area contributed by atoms with Crippen molar-refractivity contribution in [1.29, 1.82) is 0 Å². The van der Waals surface area contributed by atoms with E-state index in [0.717, 1.165) is 4.68 Å². The first-order chi connectivity index (χ1) is 11.5. The molecule has 10 heteroatoms. The van der Waals surface area contributed by atoms with Gasteiger partial charge in [-0.1, -0.05) is 23.2 Å². The summed E-state index contributed by atoms with van der Waals surface area (Å²) in [5.74, 6) is -0.204. The van der Waals surface area contributed by atoms with Gasteiger partial charge in [0, 0.05) is 12.1 Å². The molecule has 0 fully saturated rings. The van der Waals surface area contributed by atoms with Crippen LogP contribution in [-0.2, 0) is 6.18 Å². The highest BCUT2D eigenvalue weighted by molar-refractivity contribution is 6.37. The van der Waals surface area contributed by atoms with Crippen molar-refractivity contribution in [3.8, 4) is 11.6 Å². The summed E-state index contributed by atoms with van der Waals surface area (Å²) in [6, 6.07) is 2.28. The molecular weight excluding hydrogens is 382 g/mol. The van der Waals surface area contributed by atoms with Gasteiger partial charge in [0.15, 0.2) is 5.75 Å². The number of hydrogen-bond donors (Lipinski definition) is 1. The van der Waals surface area contributed by atoms with E-state index in [1.165, 1.54) is 6.07 Å². The summed E-state index contributed by atoms with van der Waals surface area (Å²) in [6.45, 7) is 5.20. The van der Waals surface area contributed by atoms with Crippen molar-refractivity contribution >= 4 is 29.2 Å². The first-order valence-electron chi connectivity index (χ1n) is 7.10. The van der Waals surface area contributed by atoms with Crippen molar-refractivity contribution < 1.29 is 22.7 Å². The van der Waals surface area contributed by atoms with Crippen LogP contribution in [0.5, 0.6) is 11.6 Å². The van der Waals surface area contributed by atoms with E-state index in [9.17, 15) is 18.0 Å². The number of carbonyl (C=O) groups excluding carboxylic acids is 1. The van der Waals surface area contributed by atoms with Crippen molar-refractivity contribution in [3.63, 3.8) is 0 Å². The van der Waals surface area contributed by atoms with Crippen LogP contribution in [0, 0.1) is 6.92 Å². The second-order valence-corrected chi connectivity index (χ2v) is 6.32. The number of rotatable bonds is 3. The summed E-state index contributed by atoms with van der Waals surface area (Å²) >= 11 is 11.7. The van der Waals surface area contributed by atoms with E-state index in [2.05, 4.69) is 10.4 Å². The highest BCUT2D eigenvalue weighted by Crippen LogP contribution is 2.41. The highest BCUT2D eigenvalue weighted by Gasteiger charge is 2.32. The molecule has 1 aromatic heterocycles. The maximum absolute atomic E-state index is 12.7. The maximum atomic E-state index is 12.7. The molecule has 2 rings (SSSR count). The van der Waals surface area contributed by atoms with Crippen molar-refractivity contribution in [2.45, 2.75) is 33.0 Å². The zero-order valence-corrected chi connectivity index (χ0v) is 14.9. The fourth-order valence-corrected chi connectivity index (χ4v) is 2.50. The molecule has 1 N–H and O–H groups in total. The summed E-state index contributed by atoms with van der Waals surface area (Å²) in [6.07, 6.45) is -4.58. The van der Waals surface area contributed by atoms with Gasteiger partial charge in [-0.25, -0.2) is 4.79 Å². The second-order valence-electron chi connectivity index (χ2n) is 5.51. The predicted octanol–water partition coefficient (Wildman–Crippen LogP) is 5.28. The quantitative estimate of drug-likeness (QED) is 0.769. The van der Waals surface area contributed by atoms with Crippen LogP contribution >= 0.6 is 23.2 Å². The summed E-state index contributed by atoms with van der Waals surface area (Å²) < 4.78 is 44.7. The lowest BCUT2D eigenvalue weighted by atomic mass is 10.2. The van der Waals surface area contributed by atoms with Crippen LogP contribution in [0.1, 0.15) is 25.1 Å². The minimum absolute atomic E-state index is 0.0278. The summed E-state index contributed by atoms with van der Waals surface area (Å²) in [5, 5.41) is 5.97. The lowest BCUT2D eigenvalue weighted by Crippen LogP contribution is -2.35. The Bertz CT molecular complexity index is 781. The number of aryl methyl sites for hydroxylation is 1. The molecular formula is C15H14Cl2F3N3O2. The van der Waals surface area contributed by atoms with Gasteiger partial charge in [0.25, 0.3) is 0 Å². The third-order valence-electron chi connectivity index (χ3n) is 3.00. The third-order valence-corrected chi connectivity index (χ3v) is 3.56. The smallest absolute Gasteiger partial charge is 0.416 e. The van der Waals surface area contributed by atoms with Crippen molar-refractivity contribution in [2.75, 3.05) is 0 Å². The van der Waals surface area contributed by atoms with Gasteiger partial charge in [-0.2, -0.15) is 17.9 Å². The number of ether oxygens (including phenoxy) is 1. The van der Waals surface area contributed by atoms with E-state index in [1.54, 1.807) is 20.8 Å². The number of nitrogens with one attached hydrogen (secondary N) is 1. The van der Waals surface area contributed by atoms with Gasteiger partial charge in [-0.05, 0) is 32.9 Å². The molecule has 136 valence electrons. The molecule has 0 aliphatic heterocycles. The van der Waals surface area contributed by atoms with E-state index in [4.69, 9.17) is 27.9 Å². The Kier molecular flexibility index (Phi) is 5.53. The van der Waals surface area contributed by atoms with Gasteiger partial charge >= 0.3 is 12.2 Å². The van der Waals surface area contributed by atoms with Gasteiger partial charge in [0.05, 0.1) is 21.3 Å². The molecule has 1 aromatic carbocycles. The Hall–Kier alpha value is -1.93. The zero-order valence-electron chi connectivity index (χ0n) is 13.4. The minimum atomic E-state index is -4.58. The predicted molar refractivity (Wildman–Crippen MR) is 87.6 cm³/mol. The Morgan fingerprint density at radius 1 is 1.24 bits per heavy atom. The van der Waals surface area contributed by atoms with Crippen LogP contribution < -0.4 is 10.1 Å². The van der Waals surface area contributed by atoms with Crippen LogP contribution in [0.4, 0.5) is 18.0 Å². The largest absolute Gasteiger partial charge is 0.434 e. The van der Waals surface area contributed by atoms with E-state index in [1.807, 2.05) is 0 Å². The molecule has 0 atom stereocenters. The Morgan fingerprint density at radius 3 is 2.28 bits per heavy atom. The van der Waals surface area contributed by atoms with Gasteiger partial charge in [-0.15, -0.1) is 5.10 Å². The van der Waals surface area contributed by atoms with E-state index in [0.29, 0.717) is 17.8 Å². The fraction of sp³-hybridized carbons (Fsp3) is 0.333. The Morgan fingerprint density at radius 2 is 1.80 bits per heavy atom. The number of carbonyl (C=O) groups is 1. The van der Waals surface area contributed by atoms with Crippen LogP contribution in [0.25, 0.3) is 0 Å². The normalized spacial score (nSPS) is 11.7. The Balaban J connectivity index is 2.30. The molecule has 0 aliphatic rings. The number of hydrogen-bond acceptors (Lipinski definition) is 3. The van der Waals surface area contributed by atoms with Gasteiger partial charge < -0.3 is 10.1 Å². The second kappa shape index (κ2) is 7.13. The molecule has 2 aromatic rings. The Labute approximate surface area is 151 Å². The molecule has 1 amide bonds. The molecule has 0 aliphatic carbocycles. The van der Waals surface area contributed by atoms with Crippen molar-refractivity contribution in [3.05, 3.63) is 39.5 Å². The standard InChI is InChI=1S/C15H14Cl2F3N3O2/c1-7(2)21-14(24)23-8(3)4-12(22-23)25-13-10(16)5-9(6-11(13)17)15(18,19)20/h4-7H,1-3H3,(H,21,24). The average Bonchev–Trinajstić information content (AvgIpc) is 2.82.